The fraction of sp³-hybridized carbons (Fsp3) is 0.350. The third-order valence-corrected chi connectivity index (χ3v) is 3.97. The molecule has 29 heavy (non-hydrogen) atoms. The summed E-state index contributed by atoms with van der Waals surface area (Å²) in [5, 5.41) is 4.20. The van der Waals surface area contributed by atoms with Crippen LogP contribution in [0.15, 0.2) is 42.5 Å². The minimum Gasteiger partial charge on any atom is -0.493 e. The fourth-order valence-corrected chi connectivity index (χ4v) is 2.46. The van der Waals surface area contributed by atoms with E-state index in [9.17, 15) is 4.79 Å². The van der Waals surface area contributed by atoms with Gasteiger partial charge in [-0.25, -0.2) is 0 Å². The predicted molar refractivity (Wildman–Crippen MR) is 111 cm³/mol. The van der Waals surface area contributed by atoms with Crippen LogP contribution in [0.2, 0.25) is 0 Å². The van der Waals surface area contributed by atoms with Crippen LogP contribution < -0.4 is 19.5 Å². The molecule has 0 heterocycles. The molecule has 0 unspecified atom stereocenters. The standard InChI is InChI=1S/C20H26N2O6.ClH/c1-24-18-10-7-16(13-19(18)25-2)20(23)21-14-15-5-8-17(9-6-15)28-12-11-22(26-3)27-4;/h5-10,13H,11-12,14H2,1-4H3,(H,21,23);1H. The van der Waals surface area contributed by atoms with Gasteiger partial charge in [0.15, 0.2) is 11.5 Å². The van der Waals surface area contributed by atoms with Gasteiger partial charge in [0.1, 0.15) is 12.4 Å². The molecule has 0 aliphatic heterocycles. The van der Waals surface area contributed by atoms with Crippen LogP contribution in [0.3, 0.4) is 0 Å². The Morgan fingerprint density at radius 2 is 1.59 bits per heavy atom. The highest BCUT2D eigenvalue weighted by Crippen LogP contribution is 2.27. The molecule has 1 N–H and O–H groups in total. The number of halogens is 1. The second-order valence-electron chi connectivity index (χ2n) is 5.67. The first kappa shape index (κ1) is 24.5. The van der Waals surface area contributed by atoms with Crippen molar-refractivity contribution in [3.05, 3.63) is 53.6 Å². The van der Waals surface area contributed by atoms with E-state index in [4.69, 9.17) is 23.9 Å². The van der Waals surface area contributed by atoms with E-state index in [0.29, 0.717) is 36.8 Å². The molecule has 2 aromatic carbocycles. The molecule has 8 nitrogen and oxygen atoms in total. The van der Waals surface area contributed by atoms with E-state index < -0.39 is 0 Å². The summed E-state index contributed by atoms with van der Waals surface area (Å²) in [5.41, 5.74) is 1.45. The highest BCUT2D eigenvalue weighted by Gasteiger charge is 2.10. The third-order valence-electron chi connectivity index (χ3n) is 3.97. The van der Waals surface area contributed by atoms with Gasteiger partial charge < -0.3 is 19.5 Å². The number of hydroxylamine groups is 2. The summed E-state index contributed by atoms with van der Waals surface area (Å²) in [5.74, 6) is 1.62. The molecule has 1 amide bonds. The van der Waals surface area contributed by atoms with Crippen molar-refractivity contribution in [3.63, 3.8) is 0 Å². The first-order valence-electron chi connectivity index (χ1n) is 8.69. The molecule has 0 aliphatic rings. The highest BCUT2D eigenvalue weighted by atomic mass is 35.5. The Balaban J connectivity index is 0.00000420. The summed E-state index contributed by atoms with van der Waals surface area (Å²) < 4.78 is 16.0. The van der Waals surface area contributed by atoms with Gasteiger partial charge in [0.05, 0.1) is 35.0 Å². The van der Waals surface area contributed by atoms with Gasteiger partial charge in [-0.15, -0.1) is 12.4 Å². The van der Waals surface area contributed by atoms with Crippen LogP contribution >= 0.6 is 12.4 Å². The molecule has 0 aromatic heterocycles. The van der Waals surface area contributed by atoms with Crippen LogP contribution in [-0.2, 0) is 16.2 Å². The minimum atomic E-state index is -0.194. The summed E-state index contributed by atoms with van der Waals surface area (Å²) >= 11 is 0. The normalized spacial score (nSPS) is 10.2. The highest BCUT2D eigenvalue weighted by molar-refractivity contribution is 5.94. The Bertz CT molecular complexity index is 753. The average Bonchev–Trinajstić information content (AvgIpc) is 2.75. The zero-order valence-corrected chi connectivity index (χ0v) is 17.8. The monoisotopic (exact) mass is 426 g/mol. The Labute approximate surface area is 177 Å². The molecule has 2 rings (SSSR count). The number of carbonyl (C=O) groups is 1. The number of rotatable bonds is 11. The average molecular weight is 427 g/mol. The zero-order valence-electron chi connectivity index (χ0n) is 17.0. The van der Waals surface area contributed by atoms with Crippen molar-refractivity contribution in [3.8, 4) is 17.2 Å². The van der Waals surface area contributed by atoms with Gasteiger partial charge in [-0.05, 0) is 35.9 Å². The van der Waals surface area contributed by atoms with E-state index in [0.717, 1.165) is 11.3 Å². The molecule has 160 valence electrons. The van der Waals surface area contributed by atoms with Crippen molar-refractivity contribution in [1.29, 1.82) is 0 Å². The van der Waals surface area contributed by atoms with Crippen molar-refractivity contribution in [2.24, 2.45) is 0 Å². The van der Waals surface area contributed by atoms with E-state index in [2.05, 4.69) is 5.32 Å². The van der Waals surface area contributed by atoms with Crippen molar-refractivity contribution in [2.45, 2.75) is 6.54 Å². The van der Waals surface area contributed by atoms with Gasteiger partial charge >= 0.3 is 0 Å². The van der Waals surface area contributed by atoms with Crippen LogP contribution in [0.4, 0.5) is 0 Å². The molecule has 0 atom stereocenters. The molecule has 9 heteroatoms. The molecule has 0 saturated heterocycles. The van der Waals surface area contributed by atoms with Crippen molar-refractivity contribution >= 4 is 18.3 Å². The number of methoxy groups -OCH3 is 2. The summed E-state index contributed by atoms with van der Waals surface area (Å²) in [6.07, 6.45) is 0. The molecule has 0 radical (unpaired) electrons. The molecule has 0 aliphatic carbocycles. The van der Waals surface area contributed by atoms with Crippen LogP contribution in [0.5, 0.6) is 17.2 Å². The summed E-state index contributed by atoms with van der Waals surface area (Å²) in [6.45, 7) is 1.28. The number of ether oxygens (including phenoxy) is 3. The van der Waals surface area contributed by atoms with E-state index >= 15 is 0 Å². The number of amides is 1. The van der Waals surface area contributed by atoms with Crippen LogP contribution in [-0.4, -0.2) is 52.7 Å². The lowest BCUT2D eigenvalue weighted by atomic mass is 10.1. The zero-order chi connectivity index (χ0) is 20.4. The van der Waals surface area contributed by atoms with Crippen LogP contribution in [0, 0.1) is 0 Å². The number of benzene rings is 2. The number of nitrogens with zero attached hydrogens (tertiary/aromatic N) is 1. The molecule has 0 bridgehead atoms. The fourth-order valence-electron chi connectivity index (χ4n) is 2.46. The number of hydrogen-bond acceptors (Lipinski definition) is 7. The van der Waals surface area contributed by atoms with Crippen molar-refractivity contribution < 1.29 is 28.7 Å². The van der Waals surface area contributed by atoms with E-state index in [1.807, 2.05) is 24.3 Å². The SMILES string of the molecule is COc1ccc(C(=O)NCc2ccc(OCCN(OC)OC)cc2)cc1OC.Cl. The van der Waals surface area contributed by atoms with Gasteiger partial charge in [0.25, 0.3) is 5.91 Å². The maximum absolute atomic E-state index is 12.4. The lowest BCUT2D eigenvalue weighted by molar-refractivity contribution is -0.343. The molecule has 0 saturated carbocycles. The maximum Gasteiger partial charge on any atom is 0.251 e. The quantitative estimate of drug-likeness (QED) is 0.553. The topological polar surface area (TPSA) is 78.5 Å². The molecule has 0 spiro atoms. The lowest BCUT2D eigenvalue weighted by Gasteiger charge is -2.16. The van der Waals surface area contributed by atoms with Gasteiger partial charge in [0.2, 0.25) is 0 Å². The Hall–Kier alpha value is -2.52. The number of nitrogens with one attached hydrogen (secondary N) is 1. The van der Waals surface area contributed by atoms with Crippen molar-refractivity contribution in [2.75, 3.05) is 41.6 Å². The summed E-state index contributed by atoms with van der Waals surface area (Å²) in [6, 6.07) is 12.5. The summed E-state index contributed by atoms with van der Waals surface area (Å²) in [7, 11) is 6.13. The van der Waals surface area contributed by atoms with Gasteiger partial charge in [-0.2, -0.15) is 0 Å². The lowest BCUT2D eigenvalue weighted by Crippen LogP contribution is -2.26. The number of hydrogen-bond donors (Lipinski definition) is 1. The van der Waals surface area contributed by atoms with Gasteiger partial charge in [0, 0.05) is 12.1 Å². The predicted octanol–water partition coefficient (Wildman–Crippen LogP) is 2.86. The van der Waals surface area contributed by atoms with E-state index in [1.54, 1.807) is 25.3 Å². The van der Waals surface area contributed by atoms with Crippen LogP contribution in [0.25, 0.3) is 0 Å². The van der Waals surface area contributed by atoms with Crippen LogP contribution in [0.1, 0.15) is 15.9 Å². The van der Waals surface area contributed by atoms with Crippen molar-refractivity contribution in [1.82, 2.24) is 10.5 Å². The molecule has 0 fully saturated rings. The molecular weight excluding hydrogens is 400 g/mol. The van der Waals surface area contributed by atoms with E-state index in [-0.39, 0.29) is 18.3 Å². The second kappa shape index (κ2) is 12.8. The van der Waals surface area contributed by atoms with Gasteiger partial charge in [-0.3, -0.25) is 14.5 Å². The van der Waals surface area contributed by atoms with E-state index in [1.165, 1.54) is 26.6 Å². The summed E-state index contributed by atoms with van der Waals surface area (Å²) in [4.78, 5) is 22.3. The minimum absolute atomic E-state index is 0. The first-order chi connectivity index (χ1) is 13.6. The molecular formula is C20H27ClN2O6. The Kier molecular flexibility index (Phi) is 10.9. The first-order valence-corrected chi connectivity index (χ1v) is 8.69. The second-order valence-corrected chi connectivity index (χ2v) is 5.67. The maximum atomic E-state index is 12.4. The van der Waals surface area contributed by atoms with Gasteiger partial charge in [-0.1, -0.05) is 17.4 Å². The Morgan fingerprint density at radius 1 is 0.931 bits per heavy atom. The number of carbonyl (C=O) groups excluding carboxylic acids is 1. The Morgan fingerprint density at radius 3 is 2.17 bits per heavy atom. The smallest absolute Gasteiger partial charge is 0.251 e. The molecule has 2 aromatic rings. The third kappa shape index (κ3) is 7.43. The largest absolute Gasteiger partial charge is 0.493 e.